The summed E-state index contributed by atoms with van der Waals surface area (Å²) >= 11 is 0. The molecule has 1 fully saturated rings. The third-order valence-electron chi connectivity index (χ3n) is 4.73. The Kier molecular flexibility index (Phi) is 6.00. The van der Waals surface area contributed by atoms with Crippen molar-refractivity contribution in [3.63, 3.8) is 0 Å². The quantitative estimate of drug-likeness (QED) is 0.820. The van der Waals surface area contributed by atoms with Gasteiger partial charge in [-0.25, -0.2) is 0 Å². The predicted octanol–water partition coefficient (Wildman–Crippen LogP) is 3.88. The van der Waals surface area contributed by atoms with E-state index < -0.39 is 0 Å². The molecule has 5 nitrogen and oxygen atoms in total. The molecular formula is C21H26N2O3. The number of anilines is 2. The van der Waals surface area contributed by atoms with Gasteiger partial charge in [-0.05, 0) is 49.1 Å². The van der Waals surface area contributed by atoms with Gasteiger partial charge in [0.2, 0.25) is 5.91 Å². The summed E-state index contributed by atoms with van der Waals surface area (Å²) in [6.07, 6.45) is 3.69. The average molecular weight is 354 g/mol. The molecular weight excluding hydrogens is 328 g/mol. The number of amides is 1. The van der Waals surface area contributed by atoms with Crippen molar-refractivity contribution in [1.29, 1.82) is 0 Å². The maximum Gasteiger partial charge on any atom is 0.224 e. The monoisotopic (exact) mass is 354 g/mol. The fraction of sp³-hybridized carbons (Fsp3) is 0.381. The van der Waals surface area contributed by atoms with Crippen LogP contribution < -0.4 is 19.7 Å². The highest BCUT2D eigenvalue weighted by molar-refractivity contribution is 5.92. The van der Waals surface area contributed by atoms with E-state index in [0.717, 1.165) is 13.1 Å². The summed E-state index contributed by atoms with van der Waals surface area (Å²) in [5, 5.41) is 2.91. The number of methoxy groups -OCH3 is 2. The van der Waals surface area contributed by atoms with Gasteiger partial charge in [-0.1, -0.05) is 12.1 Å². The molecule has 1 aliphatic rings. The van der Waals surface area contributed by atoms with Crippen molar-refractivity contribution >= 4 is 17.3 Å². The van der Waals surface area contributed by atoms with E-state index in [0.29, 0.717) is 30.0 Å². The number of carbonyl (C=O) groups is 1. The van der Waals surface area contributed by atoms with E-state index in [1.807, 2.05) is 0 Å². The molecule has 0 radical (unpaired) electrons. The fourth-order valence-corrected chi connectivity index (χ4v) is 3.22. The maximum absolute atomic E-state index is 12.3. The van der Waals surface area contributed by atoms with Gasteiger partial charge in [-0.15, -0.1) is 0 Å². The van der Waals surface area contributed by atoms with Crippen molar-refractivity contribution in [2.24, 2.45) is 0 Å². The molecule has 0 bridgehead atoms. The number of carbonyl (C=O) groups excluding carboxylic acids is 1. The molecule has 0 unspecified atom stereocenters. The van der Waals surface area contributed by atoms with Crippen LogP contribution in [0.15, 0.2) is 42.5 Å². The van der Waals surface area contributed by atoms with Crippen LogP contribution in [0.25, 0.3) is 0 Å². The van der Waals surface area contributed by atoms with Gasteiger partial charge in [-0.3, -0.25) is 4.79 Å². The zero-order chi connectivity index (χ0) is 18.4. The molecule has 0 spiro atoms. The number of aryl methyl sites for hydroxylation is 1. The van der Waals surface area contributed by atoms with Gasteiger partial charge in [-0.2, -0.15) is 0 Å². The highest BCUT2D eigenvalue weighted by Crippen LogP contribution is 2.29. The highest BCUT2D eigenvalue weighted by atomic mass is 16.5. The first-order chi connectivity index (χ1) is 12.7. The van der Waals surface area contributed by atoms with Crippen LogP contribution >= 0.6 is 0 Å². The molecule has 5 heteroatoms. The minimum absolute atomic E-state index is 0.0305. The van der Waals surface area contributed by atoms with Crippen LogP contribution in [0.4, 0.5) is 11.4 Å². The van der Waals surface area contributed by atoms with Gasteiger partial charge in [0.25, 0.3) is 0 Å². The topological polar surface area (TPSA) is 50.8 Å². The highest BCUT2D eigenvalue weighted by Gasteiger charge is 2.12. The van der Waals surface area contributed by atoms with Crippen molar-refractivity contribution in [2.75, 3.05) is 37.5 Å². The zero-order valence-corrected chi connectivity index (χ0v) is 15.5. The molecule has 1 saturated heterocycles. The molecule has 2 aromatic rings. The molecule has 3 rings (SSSR count). The van der Waals surface area contributed by atoms with Gasteiger partial charge < -0.3 is 19.7 Å². The Balaban J connectivity index is 1.54. The summed E-state index contributed by atoms with van der Waals surface area (Å²) in [7, 11) is 3.17. The Morgan fingerprint density at radius 2 is 1.77 bits per heavy atom. The normalized spacial score (nSPS) is 13.5. The van der Waals surface area contributed by atoms with Crippen LogP contribution in [-0.2, 0) is 11.2 Å². The van der Waals surface area contributed by atoms with E-state index >= 15 is 0 Å². The lowest BCUT2D eigenvalue weighted by molar-refractivity contribution is -0.116. The molecule has 1 amide bonds. The number of ether oxygens (including phenoxy) is 2. The molecule has 1 heterocycles. The average Bonchev–Trinajstić information content (AvgIpc) is 3.22. The summed E-state index contributed by atoms with van der Waals surface area (Å²) in [6.45, 7) is 2.29. The Labute approximate surface area is 154 Å². The van der Waals surface area contributed by atoms with E-state index in [1.165, 1.54) is 24.1 Å². The van der Waals surface area contributed by atoms with E-state index in [1.54, 1.807) is 32.4 Å². The van der Waals surface area contributed by atoms with Gasteiger partial charge in [0, 0.05) is 31.3 Å². The van der Waals surface area contributed by atoms with Gasteiger partial charge >= 0.3 is 0 Å². The van der Waals surface area contributed by atoms with E-state index in [2.05, 4.69) is 34.5 Å². The minimum Gasteiger partial charge on any atom is -0.497 e. The predicted molar refractivity (Wildman–Crippen MR) is 104 cm³/mol. The van der Waals surface area contributed by atoms with Gasteiger partial charge in [0.1, 0.15) is 11.5 Å². The summed E-state index contributed by atoms with van der Waals surface area (Å²) in [5.41, 5.74) is 3.10. The number of hydrogen-bond acceptors (Lipinski definition) is 4. The second-order valence-corrected chi connectivity index (χ2v) is 6.47. The first-order valence-corrected chi connectivity index (χ1v) is 9.05. The van der Waals surface area contributed by atoms with Crippen LogP contribution in [0.2, 0.25) is 0 Å². The Bertz CT molecular complexity index is 737. The van der Waals surface area contributed by atoms with Gasteiger partial charge in [0.05, 0.1) is 19.9 Å². The van der Waals surface area contributed by atoms with Crippen LogP contribution in [0, 0.1) is 0 Å². The molecule has 0 aromatic heterocycles. The van der Waals surface area contributed by atoms with Crippen molar-refractivity contribution in [3.05, 3.63) is 48.0 Å². The fourth-order valence-electron chi connectivity index (χ4n) is 3.22. The van der Waals surface area contributed by atoms with Crippen molar-refractivity contribution in [1.82, 2.24) is 0 Å². The largest absolute Gasteiger partial charge is 0.497 e. The minimum atomic E-state index is -0.0305. The number of hydrogen-bond donors (Lipinski definition) is 1. The number of nitrogens with one attached hydrogen (secondary N) is 1. The van der Waals surface area contributed by atoms with E-state index in [9.17, 15) is 4.79 Å². The third kappa shape index (κ3) is 4.48. The zero-order valence-electron chi connectivity index (χ0n) is 15.5. The summed E-state index contributed by atoms with van der Waals surface area (Å²) in [6, 6.07) is 13.9. The SMILES string of the molecule is COc1ccc(NC(=O)CCc2ccc(N3CCCC3)cc2)c(OC)c1. The smallest absolute Gasteiger partial charge is 0.224 e. The second-order valence-electron chi connectivity index (χ2n) is 6.47. The third-order valence-corrected chi connectivity index (χ3v) is 4.73. The standard InChI is InChI=1S/C21H26N2O3/c1-25-18-10-11-19(20(15-18)26-2)22-21(24)12-7-16-5-8-17(9-6-16)23-13-3-4-14-23/h5-6,8-11,15H,3-4,7,12-14H2,1-2H3,(H,22,24). The van der Waals surface area contributed by atoms with Crippen molar-refractivity contribution in [3.8, 4) is 11.5 Å². The molecule has 2 aromatic carbocycles. The number of benzene rings is 2. The number of rotatable bonds is 7. The van der Waals surface area contributed by atoms with Crippen LogP contribution in [-0.4, -0.2) is 33.2 Å². The summed E-state index contributed by atoms with van der Waals surface area (Å²) in [4.78, 5) is 14.7. The Hall–Kier alpha value is -2.69. The molecule has 0 atom stereocenters. The summed E-state index contributed by atoms with van der Waals surface area (Å²) in [5.74, 6) is 1.25. The molecule has 0 saturated carbocycles. The lowest BCUT2D eigenvalue weighted by Gasteiger charge is -2.17. The van der Waals surface area contributed by atoms with Crippen molar-refractivity contribution in [2.45, 2.75) is 25.7 Å². The molecule has 138 valence electrons. The summed E-state index contributed by atoms with van der Waals surface area (Å²) < 4.78 is 10.5. The maximum atomic E-state index is 12.3. The Morgan fingerprint density at radius 3 is 2.42 bits per heavy atom. The lowest BCUT2D eigenvalue weighted by atomic mass is 10.1. The molecule has 1 N–H and O–H groups in total. The van der Waals surface area contributed by atoms with Crippen LogP contribution in [0.3, 0.4) is 0 Å². The number of nitrogens with zero attached hydrogens (tertiary/aromatic N) is 1. The second kappa shape index (κ2) is 8.61. The van der Waals surface area contributed by atoms with E-state index in [4.69, 9.17) is 9.47 Å². The molecule has 0 aliphatic carbocycles. The van der Waals surface area contributed by atoms with E-state index in [-0.39, 0.29) is 5.91 Å². The van der Waals surface area contributed by atoms with Gasteiger partial charge in [0.15, 0.2) is 0 Å². The van der Waals surface area contributed by atoms with Crippen molar-refractivity contribution < 1.29 is 14.3 Å². The molecule has 1 aliphatic heterocycles. The lowest BCUT2D eigenvalue weighted by Crippen LogP contribution is -2.17. The molecule has 26 heavy (non-hydrogen) atoms. The van der Waals surface area contributed by atoms with Crippen LogP contribution in [0.1, 0.15) is 24.8 Å². The van der Waals surface area contributed by atoms with Crippen LogP contribution in [0.5, 0.6) is 11.5 Å². The first-order valence-electron chi connectivity index (χ1n) is 9.05. The Morgan fingerprint density at radius 1 is 1.04 bits per heavy atom. The first kappa shape index (κ1) is 18.1.